The zero-order valence-electron chi connectivity index (χ0n) is 26.4. The molecule has 0 saturated carbocycles. The highest BCUT2D eigenvalue weighted by Crippen LogP contribution is 2.37. The highest BCUT2D eigenvalue weighted by Gasteiger charge is 2.33. The molecule has 3 aromatic rings. The number of halogens is 3. The quantitative estimate of drug-likeness (QED) is 0.236. The SMILES string of the molecule is CCCC(CCNc1ccc(-c2cnc(N)c3nc(CC)c(NC4CCOCC4)nc23)cc1OC(F)(F)F)N1CCN(C)CC1. The topological polar surface area (TPSA) is 114 Å². The summed E-state index contributed by atoms with van der Waals surface area (Å²) in [5.41, 5.74) is 9.10. The number of hydrogen-bond donors (Lipinski definition) is 3. The molecule has 2 aliphatic heterocycles. The minimum atomic E-state index is -4.86. The number of nitrogens with zero attached hydrogens (tertiary/aromatic N) is 5. The molecule has 0 bridgehead atoms. The summed E-state index contributed by atoms with van der Waals surface area (Å²) < 4.78 is 50.9. The molecule has 1 unspecified atom stereocenters. The lowest BCUT2D eigenvalue weighted by Gasteiger charge is -2.38. The van der Waals surface area contributed by atoms with Crippen LogP contribution in [0.15, 0.2) is 24.4 Å². The van der Waals surface area contributed by atoms with Crippen LogP contribution in [0.1, 0.15) is 51.6 Å². The molecule has 0 spiro atoms. The fourth-order valence-corrected chi connectivity index (χ4v) is 6.15. The van der Waals surface area contributed by atoms with Gasteiger partial charge in [-0.05, 0) is 56.8 Å². The molecule has 4 heterocycles. The Labute approximate surface area is 262 Å². The number of aryl methyl sites for hydroxylation is 1. The van der Waals surface area contributed by atoms with Gasteiger partial charge in [0.2, 0.25) is 0 Å². The van der Waals surface area contributed by atoms with Crippen molar-refractivity contribution < 1.29 is 22.6 Å². The normalized spacial score (nSPS) is 17.8. The van der Waals surface area contributed by atoms with Crippen molar-refractivity contribution in [2.24, 2.45) is 0 Å². The number of pyridine rings is 1. The molecule has 0 aliphatic carbocycles. The number of nitrogens with two attached hydrogens (primary N) is 1. The van der Waals surface area contributed by atoms with Gasteiger partial charge in [-0.15, -0.1) is 13.2 Å². The van der Waals surface area contributed by atoms with Gasteiger partial charge >= 0.3 is 6.36 Å². The molecule has 2 aliphatic rings. The third-order valence-electron chi connectivity index (χ3n) is 8.68. The summed E-state index contributed by atoms with van der Waals surface area (Å²) in [6.45, 7) is 10.0. The molecule has 2 saturated heterocycles. The number of nitrogen functional groups attached to an aromatic ring is 1. The first-order chi connectivity index (χ1) is 21.6. The van der Waals surface area contributed by atoms with Crippen LogP contribution in [0.4, 0.5) is 30.5 Å². The Morgan fingerprint density at radius 3 is 2.51 bits per heavy atom. The van der Waals surface area contributed by atoms with Crippen LogP contribution in [0.5, 0.6) is 5.75 Å². The first kappa shape index (κ1) is 33.0. The molecule has 0 amide bonds. The average molecular weight is 631 g/mol. The third-order valence-corrected chi connectivity index (χ3v) is 8.68. The largest absolute Gasteiger partial charge is 0.573 e. The zero-order valence-corrected chi connectivity index (χ0v) is 26.4. The molecule has 246 valence electrons. The molecule has 2 fully saturated rings. The number of rotatable bonds is 12. The third kappa shape index (κ3) is 8.44. The Balaban J connectivity index is 1.43. The summed E-state index contributed by atoms with van der Waals surface area (Å²) in [5, 5.41) is 6.73. The Kier molecular flexibility index (Phi) is 10.8. The summed E-state index contributed by atoms with van der Waals surface area (Å²) in [4.78, 5) is 18.8. The van der Waals surface area contributed by atoms with Crippen LogP contribution in [0, 0.1) is 0 Å². The number of fused-ring (bicyclic) bond motifs is 1. The molecule has 45 heavy (non-hydrogen) atoms. The van der Waals surface area contributed by atoms with Crippen molar-refractivity contribution in [3.8, 4) is 16.9 Å². The van der Waals surface area contributed by atoms with Crippen LogP contribution in [0.25, 0.3) is 22.2 Å². The Bertz CT molecular complexity index is 1430. The van der Waals surface area contributed by atoms with Gasteiger partial charge in [0, 0.05) is 69.8 Å². The lowest BCUT2D eigenvalue weighted by molar-refractivity contribution is -0.274. The number of ether oxygens (including phenoxy) is 2. The van der Waals surface area contributed by atoms with Gasteiger partial charge in [-0.3, -0.25) is 4.90 Å². The number of benzene rings is 1. The van der Waals surface area contributed by atoms with E-state index in [0.29, 0.717) is 60.2 Å². The maximum atomic E-state index is 13.6. The Hall–Kier alpha value is -3.42. The fourth-order valence-electron chi connectivity index (χ4n) is 6.15. The number of aromatic nitrogens is 3. The predicted molar refractivity (Wildman–Crippen MR) is 172 cm³/mol. The van der Waals surface area contributed by atoms with Crippen molar-refractivity contribution in [2.75, 3.05) is 69.4 Å². The maximum Gasteiger partial charge on any atom is 0.573 e. The molecule has 4 N–H and O–H groups in total. The number of anilines is 3. The van der Waals surface area contributed by atoms with Crippen LogP contribution >= 0.6 is 0 Å². The summed E-state index contributed by atoms with van der Waals surface area (Å²) in [7, 11) is 2.13. The Morgan fingerprint density at radius 2 is 1.82 bits per heavy atom. The highest BCUT2D eigenvalue weighted by atomic mass is 19.4. The standard InChI is InChI=1S/C32H45F3N8O2/c1-4-6-23(43-15-13-42(3)14-16-43)9-12-37-26-8-7-21(19-27(26)45-32(33,34)35)24-20-38-30(36)29-28(24)41-31(25(5-2)40-29)39-22-10-17-44-18-11-22/h7-8,19-20,22-23,37H,4-6,9-18H2,1-3H3,(H2,36,38)(H,39,41). The second-order valence-electron chi connectivity index (χ2n) is 11.9. The molecule has 1 atom stereocenters. The summed E-state index contributed by atoms with van der Waals surface area (Å²) in [5.74, 6) is 0.534. The molecule has 2 aromatic heterocycles. The summed E-state index contributed by atoms with van der Waals surface area (Å²) in [6.07, 6.45) is 1.88. The van der Waals surface area contributed by atoms with E-state index in [2.05, 4.69) is 44.1 Å². The van der Waals surface area contributed by atoms with Gasteiger partial charge in [0.1, 0.15) is 16.9 Å². The van der Waals surface area contributed by atoms with Gasteiger partial charge in [0.25, 0.3) is 0 Å². The minimum absolute atomic E-state index is 0.184. The van der Waals surface area contributed by atoms with Gasteiger partial charge in [0.15, 0.2) is 11.6 Å². The molecule has 10 nitrogen and oxygen atoms in total. The van der Waals surface area contributed by atoms with E-state index < -0.39 is 6.36 Å². The van der Waals surface area contributed by atoms with E-state index in [1.54, 1.807) is 12.1 Å². The number of likely N-dealkylation sites (N-methyl/N-ethyl adjacent to an activating group) is 1. The van der Waals surface area contributed by atoms with Crippen molar-refractivity contribution >= 4 is 28.4 Å². The lowest BCUT2D eigenvalue weighted by Crippen LogP contribution is -2.49. The number of hydrogen-bond acceptors (Lipinski definition) is 10. The van der Waals surface area contributed by atoms with E-state index >= 15 is 0 Å². The van der Waals surface area contributed by atoms with E-state index in [1.165, 1.54) is 12.3 Å². The smallest absolute Gasteiger partial charge is 0.404 e. The van der Waals surface area contributed by atoms with Crippen molar-refractivity contribution in [3.63, 3.8) is 0 Å². The van der Waals surface area contributed by atoms with Gasteiger partial charge < -0.3 is 30.7 Å². The lowest BCUT2D eigenvalue weighted by atomic mass is 10.0. The van der Waals surface area contributed by atoms with E-state index in [-0.39, 0.29) is 23.3 Å². The fraction of sp³-hybridized carbons (Fsp3) is 0.594. The van der Waals surface area contributed by atoms with Crippen molar-refractivity contribution in [1.82, 2.24) is 24.8 Å². The van der Waals surface area contributed by atoms with Crippen LogP contribution < -0.4 is 21.1 Å². The molecule has 1 aromatic carbocycles. The van der Waals surface area contributed by atoms with E-state index in [1.807, 2.05) is 6.92 Å². The number of piperazine rings is 1. The highest BCUT2D eigenvalue weighted by molar-refractivity contribution is 5.97. The maximum absolute atomic E-state index is 13.6. The molecule has 0 radical (unpaired) electrons. The predicted octanol–water partition coefficient (Wildman–Crippen LogP) is 5.54. The van der Waals surface area contributed by atoms with Gasteiger partial charge in [0.05, 0.1) is 11.4 Å². The molecule has 13 heteroatoms. The zero-order chi connectivity index (χ0) is 32.0. The monoisotopic (exact) mass is 630 g/mol. The van der Waals surface area contributed by atoms with E-state index in [4.69, 9.17) is 20.4 Å². The Morgan fingerprint density at radius 1 is 1.07 bits per heavy atom. The first-order valence-electron chi connectivity index (χ1n) is 16.0. The van der Waals surface area contributed by atoms with Gasteiger partial charge in [-0.2, -0.15) is 0 Å². The van der Waals surface area contributed by atoms with Crippen molar-refractivity contribution in [1.29, 1.82) is 0 Å². The van der Waals surface area contributed by atoms with Crippen LogP contribution in [0.3, 0.4) is 0 Å². The summed E-state index contributed by atoms with van der Waals surface area (Å²) >= 11 is 0. The van der Waals surface area contributed by atoms with Crippen LogP contribution in [-0.2, 0) is 11.2 Å². The minimum Gasteiger partial charge on any atom is -0.404 e. The first-order valence-corrected chi connectivity index (χ1v) is 16.0. The summed E-state index contributed by atoms with van der Waals surface area (Å²) in [6, 6.07) is 5.31. The number of alkyl halides is 3. The van der Waals surface area contributed by atoms with Crippen LogP contribution in [-0.4, -0.2) is 96.2 Å². The molecule has 5 rings (SSSR count). The van der Waals surface area contributed by atoms with E-state index in [9.17, 15) is 13.2 Å². The second kappa shape index (κ2) is 14.8. The second-order valence-corrected chi connectivity index (χ2v) is 11.9. The van der Waals surface area contributed by atoms with Gasteiger partial charge in [-0.1, -0.05) is 26.3 Å². The van der Waals surface area contributed by atoms with Gasteiger partial charge in [-0.25, -0.2) is 15.0 Å². The van der Waals surface area contributed by atoms with Crippen molar-refractivity contribution in [2.45, 2.75) is 70.8 Å². The number of nitrogens with one attached hydrogen (secondary N) is 2. The van der Waals surface area contributed by atoms with E-state index in [0.717, 1.165) is 64.0 Å². The van der Waals surface area contributed by atoms with Crippen LogP contribution in [0.2, 0.25) is 0 Å². The average Bonchev–Trinajstić information content (AvgIpc) is 3.01. The van der Waals surface area contributed by atoms with Crippen molar-refractivity contribution in [3.05, 3.63) is 30.1 Å². The molecular weight excluding hydrogens is 585 g/mol. The molecular formula is C32H45F3N8O2.